The third kappa shape index (κ3) is 3.50. The van der Waals surface area contributed by atoms with Crippen molar-refractivity contribution >= 4 is 21.4 Å². The van der Waals surface area contributed by atoms with Crippen molar-refractivity contribution in [2.75, 3.05) is 11.4 Å². The van der Waals surface area contributed by atoms with Gasteiger partial charge in [0.05, 0.1) is 6.10 Å². The van der Waals surface area contributed by atoms with E-state index in [2.05, 4.69) is 15.0 Å². The van der Waals surface area contributed by atoms with Gasteiger partial charge in [0.2, 0.25) is 10.1 Å². The molecule has 1 aromatic carbocycles. The Hall–Kier alpha value is -2.25. The van der Waals surface area contributed by atoms with Crippen LogP contribution < -0.4 is 10.5 Å². The van der Waals surface area contributed by atoms with Crippen LogP contribution in [0.1, 0.15) is 43.8 Å². The minimum absolute atomic E-state index is 0.159. The van der Waals surface area contributed by atoms with Gasteiger partial charge < -0.3 is 10.0 Å². The van der Waals surface area contributed by atoms with Crippen LogP contribution in [-0.2, 0) is 0 Å². The molecule has 1 aliphatic heterocycles. The highest BCUT2D eigenvalue weighted by Gasteiger charge is 2.27. The van der Waals surface area contributed by atoms with Gasteiger partial charge in [-0.2, -0.15) is 4.52 Å². The smallest absolute Gasteiger partial charge is 0.275 e. The Morgan fingerprint density at radius 2 is 2.04 bits per heavy atom. The van der Waals surface area contributed by atoms with Crippen LogP contribution in [0.5, 0.6) is 0 Å². The molecule has 3 heterocycles. The number of nitrogens with zero attached hydrogens (tertiary/aromatic N) is 4. The van der Waals surface area contributed by atoms with Crippen molar-refractivity contribution in [3.05, 3.63) is 58.5 Å². The second kappa shape index (κ2) is 7.55. The summed E-state index contributed by atoms with van der Waals surface area (Å²) in [6.45, 7) is 0.890. The molecule has 0 unspecified atom stereocenters. The van der Waals surface area contributed by atoms with Gasteiger partial charge >= 0.3 is 0 Å². The molecule has 2 atom stereocenters. The van der Waals surface area contributed by atoms with E-state index in [4.69, 9.17) is 0 Å². The molecule has 1 N–H and O–H groups in total. The van der Waals surface area contributed by atoms with Gasteiger partial charge in [-0.3, -0.25) is 4.79 Å². The van der Waals surface area contributed by atoms with E-state index in [1.54, 1.807) is 0 Å². The van der Waals surface area contributed by atoms with Crippen LogP contribution in [0.25, 0.3) is 4.96 Å². The van der Waals surface area contributed by atoms with Crippen LogP contribution in [0.4, 0.5) is 5.13 Å². The van der Waals surface area contributed by atoms with Gasteiger partial charge in [0.25, 0.3) is 5.56 Å². The first-order chi connectivity index (χ1) is 12.7. The summed E-state index contributed by atoms with van der Waals surface area (Å²) >= 11 is 1.44. The number of aliphatic hydroxyl groups excluding tert-OH is 1. The van der Waals surface area contributed by atoms with E-state index < -0.39 is 6.10 Å². The van der Waals surface area contributed by atoms with E-state index in [1.165, 1.54) is 34.5 Å². The standard InChI is InChI=1S/C19H22N4O2S/c24-16(14-7-3-1-4-8-14)13-15-9-5-2-6-12-22(15)19-21-23-17(25)10-11-20-18(23)26-19/h1,3-4,7-8,10-11,15-16,24H,2,5-6,9,12-13H2/t15-,16+/m0/s1. The summed E-state index contributed by atoms with van der Waals surface area (Å²) in [7, 11) is 0. The summed E-state index contributed by atoms with van der Waals surface area (Å²) < 4.78 is 1.37. The fraction of sp³-hybridized carbons (Fsp3) is 0.421. The van der Waals surface area contributed by atoms with Crippen molar-refractivity contribution in [2.45, 2.75) is 44.2 Å². The third-order valence-corrected chi connectivity index (χ3v) is 5.92. The van der Waals surface area contributed by atoms with Crippen molar-refractivity contribution in [3.63, 3.8) is 0 Å². The molecule has 7 heteroatoms. The summed E-state index contributed by atoms with van der Waals surface area (Å²) in [4.78, 5) is 19.1. The molecular formula is C19H22N4O2S. The van der Waals surface area contributed by atoms with Gasteiger partial charge in [0, 0.05) is 24.8 Å². The Morgan fingerprint density at radius 3 is 2.85 bits per heavy atom. The lowest BCUT2D eigenvalue weighted by atomic mass is 9.98. The summed E-state index contributed by atoms with van der Waals surface area (Å²) in [6, 6.07) is 11.4. The van der Waals surface area contributed by atoms with Gasteiger partial charge in [-0.05, 0) is 24.8 Å². The summed E-state index contributed by atoms with van der Waals surface area (Å²) in [5.74, 6) is 0. The average Bonchev–Trinajstić information content (AvgIpc) is 2.97. The summed E-state index contributed by atoms with van der Waals surface area (Å²) in [6.07, 6.45) is 6.11. The van der Waals surface area contributed by atoms with Crippen LogP contribution in [0.15, 0.2) is 47.4 Å². The van der Waals surface area contributed by atoms with Crippen LogP contribution in [0.3, 0.4) is 0 Å². The quantitative estimate of drug-likeness (QED) is 0.764. The number of hydrogen-bond donors (Lipinski definition) is 1. The molecule has 26 heavy (non-hydrogen) atoms. The highest BCUT2D eigenvalue weighted by molar-refractivity contribution is 7.20. The zero-order valence-corrected chi connectivity index (χ0v) is 15.3. The Kier molecular flexibility index (Phi) is 4.99. The van der Waals surface area contributed by atoms with Gasteiger partial charge in [0.15, 0.2) is 0 Å². The van der Waals surface area contributed by atoms with Gasteiger partial charge in [-0.25, -0.2) is 4.98 Å². The maximum atomic E-state index is 12.0. The number of fused-ring (bicyclic) bond motifs is 1. The molecule has 0 aliphatic carbocycles. The first kappa shape index (κ1) is 17.2. The highest BCUT2D eigenvalue weighted by Crippen LogP contribution is 2.32. The fourth-order valence-corrected chi connectivity index (χ4v) is 4.57. The second-order valence-electron chi connectivity index (χ2n) is 6.72. The number of aromatic nitrogens is 3. The van der Waals surface area contributed by atoms with Crippen LogP contribution in [-0.4, -0.2) is 32.3 Å². The number of anilines is 1. The lowest BCUT2D eigenvalue weighted by Gasteiger charge is -2.31. The molecule has 1 aliphatic rings. The molecule has 1 fully saturated rings. The Bertz CT molecular complexity index is 924. The lowest BCUT2D eigenvalue weighted by Crippen LogP contribution is -2.36. The summed E-state index contributed by atoms with van der Waals surface area (Å²) in [5, 5.41) is 16.0. The van der Waals surface area contributed by atoms with Crippen molar-refractivity contribution in [2.24, 2.45) is 0 Å². The molecule has 0 spiro atoms. The van der Waals surface area contributed by atoms with E-state index in [0.29, 0.717) is 11.4 Å². The third-order valence-electron chi connectivity index (χ3n) is 4.96. The lowest BCUT2D eigenvalue weighted by molar-refractivity contribution is 0.155. The molecule has 1 saturated heterocycles. The number of benzene rings is 1. The molecule has 0 amide bonds. The van der Waals surface area contributed by atoms with E-state index >= 15 is 0 Å². The van der Waals surface area contributed by atoms with Crippen LogP contribution >= 0.6 is 11.3 Å². The first-order valence-corrected chi connectivity index (χ1v) is 9.88. The van der Waals surface area contributed by atoms with Crippen molar-refractivity contribution in [3.8, 4) is 0 Å². The molecule has 3 aromatic rings. The van der Waals surface area contributed by atoms with Crippen molar-refractivity contribution in [1.29, 1.82) is 0 Å². The van der Waals surface area contributed by atoms with Crippen LogP contribution in [0.2, 0.25) is 0 Å². The largest absolute Gasteiger partial charge is 0.388 e. The molecule has 2 aromatic heterocycles. The molecule has 136 valence electrons. The molecule has 6 nitrogen and oxygen atoms in total. The molecule has 0 saturated carbocycles. The Labute approximate surface area is 155 Å². The minimum Gasteiger partial charge on any atom is -0.388 e. The number of aliphatic hydroxyl groups is 1. The van der Waals surface area contributed by atoms with Gasteiger partial charge in [-0.1, -0.05) is 54.5 Å². The first-order valence-electron chi connectivity index (χ1n) is 9.07. The zero-order chi connectivity index (χ0) is 17.9. The van der Waals surface area contributed by atoms with Crippen LogP contribution in [0, 0.1) is 0 Å². The maximum Gasteiger partial charge on any atom is 0.275 e. The Balaban J connectivity index is 1.62. The number of hydrogen-bond acceptors (Lipinski definition) is 6. The van der Waals surface area contributed by atoms with E-state index in [1.807, 2.05) is 30.3 Å². The maximum absolute atomic E-state index is 12.0. The monoisotopic (exact) mass is 370 g/mol. The predicted molar refractivity (Wildman–Crippen MR) is 103 cm³/mol. The fourth-order valence-electron chi connectivity index (χ4n) is 3.59. The predicted octanol–water partition coefficient (Wildman–Crippen LogP) is 3.02. The second-order valence-corrected chi connectivity index (χ2v) is 7.66. The topological polar surface area (TPSA) is 70.7 Å². The van der Waals surface area contributed by atoms with Gasteiger partial charge in [-0.15, -0.1) is 5.10 Å². The highest BCUT2D eigenvalue weighted by atomic mass is 32.1. The SMILES string of the molecule is O=c1ccnc2sc(N3CCCCC[C@H]3C[C@@H](O)c3ccccc3)nn12. The van der Waals surface area contributed by atoms with E-state index in [0.717, 1.165) is 36.5 Å². The summed E-state index contributed by atoms with van der Waals surface area (Å²) in [5.41, 5.74) is 0.784. The molecule has 0 radical (unpaired) electrons. The molecule has 4 rings (SSSR count). The van der Waals surface area contributed by atoms with Crippen molar-refractivity contribution in [1.82, 2.24) is 14.6 Å². The van der Waals surface area contributed by atoms with E-state index in [-0.39, 0.29) is 11.6 Å². The Morgan fingerprint density at radius 1 is 1.19 bits per heavy atom. The minimum atomic E-state index is -0.503. The normalized spacial score (nSPS) is 19.4. The zero-order valence-electron chi connectivity index (χ0n) is 14.5. The van der Waals surface area contributed by atoms with E-state index in [9.17, 15) is 9.90 Å². The molecule has 0 bridgehead atoms. The van der Waals surface area contributed by atoms with Crippen molar-refractivity contribution < 1.29 is 5.11 Å². The number of rotatable bonds is 4. The molecular weight excluding hydrogens is 348 g/mol. The average molecular weight is 370 g/mol. The van der Waals surface area contributed by atoms with Gasteiger partial charge in [0.1, 0.15) is 0 Å².